The highest BCUT2D eigenvalue weighted by Crippen LogP contribution is 2.30. The largest absolute Gasteiger partial charge is 0.346 e. The molecule has 1 aliphatic heterocycles. The predicted octanol–water partition coefficient (Wildman–Crippen LogP) is 1.91. The van der Waals surface area contributed by atoms with Crippen LogP contribution in [0.4, 0.5) is 0 Å². The van der Waals surface area contributed by atoms with E-state index in [4.69, 9.17) is 9.47 Å². The Kier molecular flexibility index (Phi) is 5.89. The van der Waals surface area contributed by atoms with Crippen LogP contribution in [0, 0.1) is 0 Å². The third kappa shape index (κ3) is 4.42. The van der Waals surface area contributed by atoms with Crippen molar-refractivity contribution in [2.24, 2.45) is 0 Å². The van der Waals surface area contributed by atoms with E-state index in [2.05, 4.69) is 6.58 Å². The summed E-state index contributed by atoms with van der Waals surface area (Å²) in [6, 6.07) is 0. The number of ketones is 1. The van der Waals surface area contributed by atoms with Gasteiger partial charge in [0.05, 0.1) is 0 Å². The molecule has 2 atom stereocenters. The smallest absolute Gasteiger partial charge is 0.254 e. The molecule has 1 amide bonds. The number of ether oxygens (including phenoxy) is 2. The molecule has 0 N–H and O–H groups in total. The molecule has 0 aromatic carbocycles. The number of amides is 1. The van der Waals surface area contributed by atoms with Crippen LogP contribution in [-0.2, 0) is 19.1 Å². The lowest BCUT2D eigenvalue weighted by Crippen LogP contribution is -2.43. The van der Waals surface area contributed by atoms with Crippen molar-refractivity contribution >= 4 is 11.7 Å². The maximum Gasteiger partial charge on any atom is 0.254 e. The van der Waals surface area contributed by atoms with E-state index >= 15 is 0 Å². The zero-order valence-corrected chi connectivity index (χ0v) is 12.8. The summed E-state index contributed by atoms with van der Waals surface area (Å²) in [5.74, 6) is -1.21. The maximum absolute atomic E-state index is 12.2. The van der Waals surface area contributed by atoms with Crippen molar-refractivity contribution in [1.82, 2.24) is 4.90 Å². The van der Waals surface area contributed by atoms with Crippen LogP contribution in [0.25, 0.3) is 0 Å². The number of rotatable bonds is 7. The van der Waals surface area contributed by atoms with E-state index < -0.39 is 18.0 Å². The van der Waals surface area contributed by atoms with Crippen LogP contribution in [0.3, 0.4) is 0 Å². The molecule has 0 radical (unpaired) electrons. The molecule has 114 valence electrons. The van der Waals surface area contributed by atoms with Crippen molar-refractivity contribution in [1.29, 1.82) is 0 Å². The van der Waals surface area contributed by atoms with Gasteiger partial charge in [0.2, 0.25) is 0 Å². The Morgan fingerprint density at radius 2 is 1.80 bits per heavy atom. The Morgan fingerprint density at radius 3 is 2.35 bits per heavy atom. The Labute approximate surface area is 120 Å². The molecule has 0 saturated carbocycles. The third-order valence-electron chi connectivity index (χ3n) is 3.18. The number of Topliss-reactive ketones (excluding diaryl/α,β-unsaturated/α-hetero) is 1. The summed E-state index contributed by atoms with van der Waals surface area (Å²) in [5, 5.41) is 0. The number of hydrogen-bond acceptors (Lipinski definition) is 4. The number of carbonyl (C=O) groups is 2. The second-order valence-electron chi connectivity index (χ2n) is 5.71. The Balaban J connectivity index is 2.66. The summed E-state index contributed by atoms with van der Waals surface area (Å²) in [4.78, 5) is 25.7. The molecule has 0 aromatic rings. The second kappa shape index (κ2) is 6.99. The van der Waals surface area contributed by atoms with Crippen molar-refractivity contribution in [3.63, 3.8) is 0 Å². The van der Waals surface area contributed by atoms with Crippen LogP contribution >= 0.6 is 0 Å². The van der Waals surface area contributed by atoms with Crippen molar-refractivity contribution in [2.45, 2.75) is 57.5 Å². The van der Waals surface area contributed by atoms with Gasteiger partial charge in [-0.2, -0.15) is 0 Å². The van der Waals surface area contributed by atoms with Crippen molar-refractivity contribution in [3.05, 3.63) is 12.7 Å². The third-order valence-corrected chi connectivity index (χ3v) is 3.18. The lowest BCUT2D eigenvalue weighted by molar-refractivity contribution is -0.161. The first kappa shape index (κ1) is 16.9. The monoisotopic (exact) mass is 283 g/mol. The molecule has 20 heavy (non-hydrogen) atoms. The first-order chi connectivity index (χ1) is 9.28. The first-order valence-electron chi connectivity index (χ1n) is 6.99. The summed E-state index contributed by atoms with van der Waals surface area (Å²) in [6.45, 7) is 7.08. The minimum atomic E-state index is -0.905. The average Bonchev–Trinajstić information content (AvgIpc) is 2.69. The molecule has 0 spiro atoms. The van der Waals surface area contributed by atoms with Gasteiger partial charge >= 0.3 is 0 Å². The first-order valence-corrected chi connectivity index (χ1v) is 6.99. The predicted molar refractivity (Wildman–Crippen MR) is 76.2 cm³/mol. The van der Waals surface area contributed by atoms with Crippen LogP contribution in [0.1, 0.15) is 39.5 Å². The van der Waals surface area contributed by atoms with Crippen LogP contribution in [0.15, 0.2) is 12.7 Å². The zero-order valence-electron chi connectivity index (χ0n) is 12.8. The number of likely N-dealkylation sites (N-methyl/N-ethyl adjacent to an activating group) is 1. The number of hydrogen-bond donors (Lipinski definition) is 0. The lowest BCUT2D eigenvalue weighted by atomic mass is 10.0. The van der Waals surface area contributed by atoms with E-state index in [1.54, 1.807) is 27.9 Å². The quantitative estimate of drug-likeness (QED) is 0.529. The van der Waals surface area contributed by atoms with Crippen LogP contribution in [-0.4, -0.2) is 48.7 Å². The molecule has 5 nitrogen and oxygen atoms in total. The molecule has 0 aliphatic carbocycles. The van der Waals surface area contributed by atoms with Gasteiger partial charge < -0.3 is 14.4 Å². The van der Waals surface area contributed by atoms with Crippen molar-refractivity contribution in [3.8, 4) is 0 Å². The topological polar surface area (TPSA) is 55.8 Å². The van der Waals surface area contributed by atoms with E-state index in [0.717, 1.165) is 19.3 Å². The fraction of sp³-hybridized carbons (Fsp3) is 0.733. The van der Waals surface area contributed by atoms with Gasteiger partial charge in [-0.15, -0.1) is 6.58 Å². The number of unbranched alkanes of at least 4 members (excludes halogenated alkanes) is 2. The second-order valence-corrected chi connectivity index (χ2v) is 5.71. The molecule has 0 aromatic heterocycles. The number of allylic oxidation sites excluding steroid dienone is 1. The van der Waals surface area contributed by atoms with Gasteiger partial charge in [0.15, 0.2) is 23.8 Å². The molecule has 1 heterocycles. The standard InChI is InChI=1S/C15H25NO4/c1-6-7-8-9-10-11(17)12-13(14(18)16(4)5)20-15(2,3)19-12/h6,12-13H,1,7-10H2,2-5H3/t12-,13+/m0/s1. The van der Waals surface area contributed by atoms with Crippen molar-refractivity contribution < 1.29 is 19.1 Å². The Morgan fingerprint density at radius 1 is 1.20 bits per heavy atom. The fourth-order valence-corrected chi connectivity index (χ4v) is 2.16. The summed E-state index contributed by atoms with van der Waals surface area (Å²) in [6.07, 6.45) is 3.17. The summed E-state index contributed by atoms with van der Waals surface area (Å²) < 4.78 is 11.2. The van der Waals surface area contributed by atoms with Gasteiger partial charge in [-0.25, -0.2) is 0 Å². The van der Waals surface area contributed by atoms with Crippen LogP contribution in [0.5, 0.6) is 0 Å². The molecular formula is C15H25NO4. The molecule has 1 rings (SSSR count). The Hall–Kier alpha value is -1.20. The lowest BCUT2D eigenvalue weighted by Gasteiger charge is -2.19. The SMILES string of the molecule is C=CCCCCC(=O)[C@@H]1OC(C)(C)O[C@H]1C(=O)N(C)C. The van der Waals surface area contributed by atoms with E-state index in [-0.39, 0.29) is 11.7 Å². The van der Waals surface area contributed by atoms with Gasteiger partial charge in [0.25, 0.3) is 5.91 Å². The summed E-state index contributed by atoms with van der Waals surface area (Å²) >= 11 is 0. The highest BCUT2D eigenvalue weighted by atomic mass is 16.8. The minimum absolute atomic E-state index is 0.0696. The molecule has 1 saturated heterocycles. The van der Waals surface area contributed by atoms with E-state index in [9.17, 15) is 9.59 Å². The van der Waals surface area contributed by atoms with Gasteiger partial charge in [0, 0.05) is 20.5 Å². The van der Waals surface area contributed by atoms with Crippen LogP contribution in [0.2, 0.25) is 0 Å². The highest BCUT2D eigenvalue weighted by molar-refractivity contribution is 5.92. The van der Waals surface area contributed by atoms with E-state index in [1.165, 1.54) is 4.90 Å². The summed E-state index contributed by atoms with van der Waals surface area (Å²) in [7, 11) is 3.28. The number of nitrogens with zero attached hydrogens (tertiary/aromatic N) is 1. The minimum Gasteiger partial charge on any atom is -0.346 e. The van der Waals surface area contributed by atoms with Gasteiger partial charge in [0.1, 0.15) is 0 Å². The van der Waals surface area contributed by atoms with Gasteiger partial charge in [-0.05, 0) is 33.1 Å². The molecule has 0 bridgehead atoms. The Bertz CT molecular complexity index is 376. The van der Waals surface area contributed by atoms with Crippen LogP contribution < -0.4 is 0 Å². The molecule has 0 unspecified atom stereocenters. The maximum atomic E-state index is 12.2. The van der Waals surface area contributed by atoms with E-state index in [0.29, 0.717) is 6.42 Å². The zero-order chi connectivity index (χ0) is 15.3. The normalized spacial score (nSPS) is 24.4. The van der Waals surface area contributed by atoms with E-state index in [1.807, 2.05) is 6.08 Å². The molecule has 1 fully saturated rings. The molecule has 5 heteroatoms. The van der Waals surface area contributed by atoms with Gasteiger partial charge in [-0.3, -0.25) is 9.59 Å². The molecular weight excluding hydrogens is 258 g/mol. The highest BCUT2D eigenvalue weighted by Gasteiger charge is 2.48. The average molecular weight is 283 g/mol. The molecule has 1 aliphatic rings. The summed E-state index contributed by atoms with van der Waals surface area (Å²) in [5.41, 5.74) is 0. The van der Waals surface area contributed by atoms with Gasteiger partial charge in [-0.1, -0.05) is 6.08 Å². The number of carbonyl (C=O) groups excluding carboxylic acids is 2. The van der Waals surface area contributed by atoms with Crippen molar-refractivity contribution in [2.75, 3.05) is 14.1 Å². The fourth-order valence-electron chi connectivity index (χ4n) is 2.16.